The minimum absolute atomic E-state index is 0.0820. The number of piperidine rings is 1. The number of hydrogen-bond acceptors (Lipinski definition) is 5. The number of carboxylic acid groups (broad SMARTS) is 1. The van der Waals surface area contributed by atoms with Crippen molar-refractivity contribution in [2.45, 2.75) is 57.8 Å². The van der Waals surface area contributed by atoms with Crippen molar-refractivity contribution in [2.24, 2.45) is 11.3 Å². The van der Waals surface area contributed by atoms with Crippen LogP contribution in [0.1, 0.15) is 54.1 Å². The Morgan fingerprint density at radius 1 is 1.08 bits per heavy atom. The Bertz CT molecular complexity index is 1070. The number of fused-ring (bicyclic) bond motifs is 1. The van der Waals surface area contributed by atoms with Crippen LogP contribution in [0.15, 0.2) is 24.3 Å². The fraction of sp³-hybridized carbons (Fsp3) is 0.583. The number of benzene rings is 1. The van der Waals surface area contributed by atoms with Crippen molar-refractivity contribution in [1.29, 1.82) is 0 Å². The molecule has 3 aliphatic rings. The van der Waals surface area contributed by atoms with E-state index < -0.39 is 12.1 Å². The molecule has 1 aliphatic carbocycles. The van der Waals surface area contributed by atoms with E-state index in [1.807, 2.05) is 12.1 Å². The van der Waals surface area contributed by atoms with Crippen molar-refractivity contribution in [1.82, 2.24) is 25.0 Å². The highest BCUT2D eigenvalue weighted by Gasteiger charge is 2.40. The van der Waals surface area contributed by atoms with Gasteiger partial charge in [-0.3, -0.25) is 9.69 Å². The van der Waals surface area contributed by atoms with Gasteiger partial charge in [-0.1, -0.05) is 12.1 Å². The van der Waals surface area contributed by atoms with E-state index in [1.165, 1.54) is 25.0 Å². The molecule has 2 aliphatic heterocycles. The number of halogens is 4. The maximum atomic E-state index is 13.1. The molecule has 0 radical (unpaired) electrons. The number of alkyl halides is 3. The molecule has 2 aromatic rings. The topological polar surface area (TPSA) is 100 Å². The van der Waals surface area contributed by atoms with Gasteiger partial charge in [0.2, 0.25) is 5.82 Å². The number of rotatable bonds is 5. The summed E-state index contributed by atoms with van der Waals surface area (Å²) in [6.45, 7) is 4.51. The number of carboxylic acids is 1. The molecule has 0 bridgehead atoms. The van der Waals surface area contributed by atoms with E-state index in [4.69, 9.17) is 9.90 Å². The average Bonchev–Trinajstić information content (AvgIpc) is 3.58. The number of aromatic nitrogens is 3. The van der Waals surface area contributed by atoms with Crippen molar-refractivity contribution in [2.75, 3.05) is 19.6 Å². The van der Waals surface area contributed by atoms with Crippen LogP contribution in [0.2, 0.25) is 0 Å². The van der Waals surface area contributed by atoms with E-state index in [0.29, 0.717) is 11.7 Å². The smallest absolute Gasteiger partial charge is 0.475 e. The number of aliphatic carboxylic acids is 1. The Hall–Kier alpha value is -3.02. The number of carbonyl (C=O) groups is 2. The van der Waals surface area contributed by atoms with Gasteiger partial charge in [0.25, 0.3) is 5.91 Å². The average molecular weight is 512 g/mol. The van der Waals surface area contributed by atoms with Crippen LogP contribution in [0.25, 0.3) is 0 Å². The highest BCUT2D eigenvalue weighted by Crippen LogP contribution is 2.41. The molecule has 196 valence electrons. The quantitative estimate of drug-likeness (QED) is 0.597. The van der Waals surface area contributed by atoms with Gasteiger partial charge < -0.3 is 15.0 Å². The van der Waals surface area contributed by atoms with E-state index in [0.717, 1.165) is 69.8 Å². The molecule has 1 aromatic heterocycles. The van der Waals surface area contributed by atoms with Crippen LogP contribution in [0, 0.1) is 17.2 Å². The summed E-state index contributed by atoms with van der Waals surface area (Å²) in [5, 5.41) is 18.7. The zero-order chi connectivity index (χ0) is 25.9. The first kappa shape index (κ1) is 26.1. The van der Waals surface area contributed by atoms with Crippen LogP contribution < -0.4 is 5.32 Å². The molecule has 0 unspecified atom stereocenters. The normalized spacial score (nSPS) is 19.2. The summed E-state index contributed by atoms with van der Waals surface area (Å²) in [5.41, 5.74) is 1.38. The zero-order valence-corrected chi connectivity index (χ0v) is 19.7. The lowest BCUT2D eigenvalue weighted by Crippen LogP contribution is -2.44. The van der Waals surface area contributed by atoms with Gasteiger partial charge in [0.15, 0.2) is 0 Å². The predicted molar refractivity (Wildman–Crippen MR) is 120 cm³/mol. The first-order valence-corrected chi connectivity index (χ1v) is 12.0. The van der Waals surface area contributed by atoms with Gasteiger partial charge in [-0.15, -0.1) is 10.2 Å². The predicted octanol–water partition coefficient (Wildman–Crippen LogP) is 3.42. The lowest BCUT2D eigenvalue weighted by atomic mass is 9.73. The monoisotopic (exact) mass is 511 g/mol. The third-order valence-corrected chi connectivity index (χ3v) is 7.13. The van der Waals surface area contributed by atoms with E-state index in [-0.39, 0.29) is 17.1 Å². The molecular formula is C24H29F4N5O3. The third kappa shape index (κ3) is 6.59. The summed E-state index contributed by atoms with van der Waals surface area (Å²) in [6.07, 6.45) is 1.56. The summed E-state index contributed by atoms with van der Waals surface area (Å²) >= 11 is 0. The van der Waals surface area contributed by atoms with Gasteiger partial charge >= 0.3 is 12.1 Å². The van der Waals surface area contributed by atoms with E-state index in [1.54, 1.807) is 0 Å². The molecule has 1 amide bonds. The number of hydrogen-bond donors (Lipinski definition) is 2. The summed E-state index contributed by atoms with van der Waals surface area (Å²) in [5.74, 6) is -0.946. The minimum Gasteiger partial charge on any atom is -0.475 e. The van der Waals surface area contributed by atoms with Crippen molar-refractivity contribution >= 4 is 11.9 Å². The summed E-state index contributed by atoms with van der Waals surface area (Å²) in [6, 6.07) is 6.81. The molecule has 5 rings (SSSR count). The molecule has 1 saturated carbocycles. The van der Waals surface area contributed by atoms with Crippen LogP contribution in [0.5, 0.6) is 0 Å². The van der Waals surface area contributed by atoms with Crippen molar-refractivity contribution in [3.63, 3.8) is 0 Å². The van der Waals surface area contributed by atoms with Gasteiger partial charge in [0.1, 0.15) is 11.6 Å². The third-order valence-electron chi connectivity index (χ3n) is 7.13. The summed E-state index contributed by atoms with van der Waals surface area (Å²) in [4.78, 5) is 23.9. The second kappa shape index (κ2) is 10.5. The van der Waals surface area contributed by atoms with Crippen molar-refractivity contribution in [3.05, 3.63) is 47.3 Å². The van der Waals surface area contributed by atoms with Crippen LogP contribution in [0.4, 0.5) is 17.6 Å². The van der Waals surface area contributed by atoms with E-state index in [2.05, 4.69) is 25.0 Å². The highest BCUT2D eigenvalue weighted by atomic mass is 19.4. The first-order valence-electron chi connectivity index (χ1n) is 12.0. The Balaban J connectivity index is 0.000000384. The number of carbonyl (C=O) groups excluding carboxylic acids is 1. The number of nitrogens with zero attached hydrogens (tertiary/aromatic N) is 4. The van der Waals surface area contributed by atoms with Crippen molar-refractivity contribution in [3.8, 4) is 0 Å². The second-order valence-electron chi connectivity index (χ2n) is 9.88. The molecular weight excluding hydrogens is 482 g/mol. The van der Waals surface area contributed by atoms with Gasteiger partial charge in [-0.05, 0) is 74.2 Å². The summed E-state index contributed by atoms with van der Waals surface area (Å²) in [7, 11) is 0. The van der Waals surface area contributed by atoms with Crippen molar-refractivity contribution < 1.29 is 32.3 Å². The molecule has 1 aromatic carbocycles. The maximum absolute atomic E-state index is 13.1. The minimum atomic E-state index is -5.08. The standard InChI is InChI=1S/C22H28FN5O.C2HF3O2/c23-18-5-3-17(4-6-18)14-27-11-9-22(10-12-27)8-7-19-25-26-20(28(19)15-22)21(29)24-13-16-1-2-16;3-2(4,5)1(6)7/h3-6,16H,1-2,7-15H2,(H,24,29);(H,6,7). The number of nitrogens with one attached hydrogen (secondary N) is 1. The van der Waals surface area contributed by atoms with Crippen LogP contribution in [-0.2, 0) is 24.3 Å². The zero-order valence-electron chi connectivity index (χ0n) is 19.7. The van der Waals surface area contributed by atoms with Gasteiger partial charge in [0, 0.05) is 26.1 Å². The lowest BCUT2D eigenvalue weighted by Gasteiger charge is -2.44. The fourth-order valence-corrected chi connectivity index (χ4v) is 4.73. The molecule has 2 N–H and O–H groups in total. The molecule has 36 heavy (non-hydrogen) atoms. The Morgan fingerprint density at radius 2 is 1.72 bits per heavy atom. The molecule has 2 fully saturated rings. The number of aryl methyl sites for hydroxylation is 1. The number of amides is 1. The van der Waals surface area contributed by atoms with E-state index in [9.17, 15) is 22.4 Å². The Morgan fingerprint density at radius 3 is 2.31 bits per heavy atom. The molecule has 0 atom stereocenters. The Kier molecular flexibility index (Phi) is 7.62. The molecule has 12 heteroatoms. The molecule has 1 spiro atoms. The first-order chi connectivity index (χ1) is 17.0. The van der Waals surface area contributed by atoms with Gasteiger partial charge in [-0.25, -0.2) is 9.18 Å². The largest absolute Gasteiger partial charge is 0.490 e. The Labute approximate surface area is 205 Å². The van der Waals surface area contributed by atoms with Crippen LogP contribution in [0.3, 0.4) is 0 Å². The number of likely N-dealkylation sites (tertiary alicyclic amines) is 1. The maximum Gasteiger partial charge on any atom is 0.490 e. The highest BCUT2D eigenvalue weighted by molar-refractivity contribution is 5.90. The van der Waals surface area contributed by atoms with E-state index >= 15 is 0 Å². The summed E-state index contributed by atoms with van der Waals surface area (Å²) < 4.78 is 46.9. The fourth-order valence-electron chi connectivity index (χ4n) is 4.73. The van der Waals surface area contributed by atoms with Gasteiger partial charge in [-0.2, -0.15) is 13.2 Å². The SMILES string of the molecule is O=C(NCC1CC1)c1nnc2n1CC1(CC2)CCN(Cc2ccc(F)cc2)CC1.O=C(O)C(F)(F)F. The van der Waals surface area contributed by atoms with Crippen LogP contribution >= 0.6 is 0 Å². The lowest BCUT2D eigenvalue weighted by molar-refractivity contribution is -0.192. The molecule has 3 heterocycles. The second-order valence-corrected chi connectivity index (χ2v) is 9.88. The molecule has 8 nitrogen and oxygen atoms in total. The molecule has 1 saturated heterocycles. The van der Waals surface area contributed by atoms with Gasteiger partial charge in [0.05, 0.1) is 0 Å². The van der Waals surface area contributed by atoms with Crippen LogP contribution in [-0.4, -0.2) is 62.5 Å².